The summed E-state index contributed by atoms with van der Waals surface area (Å²) in [4.78, 5) is 20.8. The highest BCUT2D eigenvalue weighted by molar-refractivity contribution is 9.10. The summed E-state index contributed by atoms with van der Waals surface area (Å²) in [6, 6.07) is 3.60. The molecule has 2 rings (SSSR count). The molecule has 1 aromatic rings. The lowest BCUT2D eigenvalue weighted by Crippen LogP contribution is -2.54. The van der Waals surface area contributed by atoms with E-state index in [4.69, 9.17) is 5.73 Å². The summed E-state index contributed by atoms with van der Waals surface area (Å²) < 4.78 is 0.972. The zero-order chi connectivity index (χ0) is 15.4. The van der Waals surface area contributed by atoms with E-state index in [1.807, 2.05) is 24.0 Å². The molecule has 2 unspecified atom stereocenters. The molecule has 2 atom stereocenters. The van der Waals surface area contributed by atoms with Crippen LogP contribution in [0.1, 0.15) is 20.3 Å². The molecule has 1 fully saturated rings. The third-order valence-corrected chi connectivity index (χ3v) is 4.64. The van der Waals surface area contributed by atoms with Gasteiger partial charge in [0.05, 0.1) is 6.04 Å². The van der Waals surface area contributed by atoms with Crippen molar-refractivity contribution in [2.75, 3.05) is 31.1 Å². The average Bonchev–Trinajstić information content (AvgIpc) is 2.53. The summed E-state index contributed by atoms with van der Waals surface area (Å²) in [7, 11) is 0. The number of hydrogen-bond donors (Lipinski definition) is 1. The Labute approximate surface area is 134 Å². The van der Waals surface area contributed by atoms with Crippen LogP contribution in [0.2, 0.25) is 0 Å². The van der Waals surface area contributed by atoms with E-state index in [2.05, 4.69) is 32.7 Å². The number of pyridine rings is 1. The van der Waals surface area contributed by atoms with Crippen LogP contribution in [0.4, 0.5) is 5.82 Å². The van der Waals surface area contributed by atoms with Gasteiger partial charge in [-0.3, -0.25) is 4.79 Å². The van der Waals surface area contributed by atoms with E-state index in [0.29, 0.717) is 13.1 Å². The number of amides is 1. The van der Waals surface area contributed by atoms with Gasteiger partial charge in [-0.15, -0.1) is 0 Å². The lowest BCUT2D eigenvalue weighted by molar-refractivity contribution is -0.134. The van der Waals surface area contributed by atoms with E-state index in [-0.39, 0.29) is 17.9 Å². The third kappa shape index (κ3) is 3.95. The lowest BCUT2D eigenvalue weighted by Gasteiger charge is -2.37. The molecule has 21 heavy (non-hydrogen) atoms. The molecule has 2 N–H and O–H groups in total. The predicted octanol–water partition coefficient (Wildman–Crippen LogP) is 1.87. The summed E-state index contributed by atoms with van der Waals surface area (Å²) in [5, 5.41) is 0. The maximum absolute atomic E-state index is 12.3. The minimum absolute atomic E-state index is 0.0766. The summed E-state index contributed by atoms with van der Waals surface area (Å²) in [6.07, 6.45) is 2.72. The van der Waals surface area contributed by atoms with Crippen LogP contribution in [-0.4, -0.2) is 48.0 Å². The van der Waals surface area contributed by atoms with Crippen molar-refractivity contribution < 1.29 is 4.79 Å². The zero-order valence-electron chi connectivity index (χ0n) is 12.6. The number of hydrogen-bond acceptors (Lipinski definition) is 4. The second-order valence-corrected chi connectivity index (χ2v) is 6.47. The highest BCUT2D eigenvalue weighted by Crippen LogP contribution is 2.17. The summed E-state index contributed by atoms with van der Waals surface area (Å²) in [5.74, 6) is 1.26. The number of aromatic nitrogens is 1. The van der Waals surface area contributed by atoms with Gasteiger partial charge in [0.25, 0.3) is 0 Å². The number of anilines is 1. The summed E-state index contributed by atoms with van der Waals surface area (Å²) in [6.45, 7) is 7.11. The van der Waals surface area contributed by atoms with Crippen LogP contribution in [0.5, 0.6) is 0 Å². The van der Waals surface area contributed by atoms with E-state index < -0.39 is 0 Å². The van der Waals surface area contributed by atoms with E-state index in [9.17, 15) is 4.79 Å². The molecule has 1 amide bonds. The fourth-order valence-electron chi connectivity index (χ4n) is 2.42. The number of carbonyl (C=O) groups is 1. The van der Waals surface area contributed by atoms with Gasteiger partial charge >= 0.3 is 0 Å². The Kier molecular flexibility index (Phi) is 5.58. The topological polar surface area (TPSA) is 62.5 Å². The molecule has 0 saturated carbocycles. The van der Waals surface area contributed by atoms with E-state index in [1.165, 1.54) is 0 Å². The predicted molar refractivity (Wildman–Crippen MR) is 88.2 cm³/mol. The maximum Gasteiger partial charge on any atom is 0.239 e. The van der Waals surface area contributed by atoms with Crippen molar-refractivity contribution in [2.45, 2.75) is 26.3 Å². The molecular weight excluding hydrogens is 332 g/mol. The molecule has 1 aromatic heterocycles. The van der Waals surface area contributed by atoms with Gasteiger partial charge in [0.2, 0.25) is 5.91 Å². The van der Waals surface area contributed by atoms with Gasteiger partial charge in [-0.1, -0.05) is 20.3 Å². The first-order valence-corrected chi connectivity index (χ1v) is 8.23. The average molecular weight is 355 g/mol. The van der Waals surface area contributed by atoms with Crippen molar-refractivity contribution in [2.24, 2.45) is 11.7 Å². The van der Waals surface area contributed by atoms with Crippen molar-refractivity contribution in [3.8, 4) is 0 Å². The second kappa shape index (κ2) is 7.22. The normalized spacial score (nSPS) is 18.5. The molecule has 6 heteroatoms. The molecule has 5 nitrogen and oxygen atoms in total. The molecule has 1 aliphatic rings. The molecule has 0 aliphatic carbocycles. The highest BCUT2D eigenvalue weighted by atomic mass is 79.9. The number of rotatable bonds is 4. The van der Waals surface area contributed by atoms with Crippen LogP contribution >= 0.6 is 15.9 Å². The molecule has 0 spiro atoms. The van der Waals surface area contributed by atoms with Crippen LogP contribution in [-0.2, 0) is 4.79 Å². The summed E-state index contributed by atoms with van der Waals surface area (Å²) in [5.41, 5.74) is 6.04. The Balaban J connectivity index is 1.91. The van der Waals surface area contributed by atoms with Gasteiger partial charge in [0.1, 0.15) is 5.82 Å². The van der Waals surface area contributed by atoms with Gasteiger partial charge in [-0.2, -0.15) is 0 Å². The second-order valence-electron chi connectivity index (χ2n) is 5.56. The zero-order valence-corrected chi connectivity index (χ0v) is 14.2. The number of piperazine rings is 1. The molecule has 1 saturated heterocycles. The Morgan fingerprint density at radius 1 is 1.38 bits per heavy atom. The first kappa shape index (κ1) is 16.2. The largest absolute Gasteiger partial charge is 0.353 e. The van der Waals surface area contributed by atoms with Crippen LogP contribution in [0, 0.1) is 5.92 Å². The van der Waals surface area contributed by atoms with Crippen LogP contribution < -0.4 is 10.6 Å². The Hall–Kier alpha value is -1.14. The smallest absolute Gasteiger partial charge is 0.239 e. The van der Waals surface area contributed by atoms with E-state index in [0.717, 1.165) is 29.8 Å². The van der Waals surface area contributed by atoms with Crippen molar-refractivity contribution in [1.82, 2.24) is 9.88 Å². The lowest BCUT2D eigenvalue weighted by atomic mass is 9.98. The molecule has 0 aromatic carbocycles. The van der Waals surface area contributed by atoms with Crippen LogP contribution in [0.3, 0.4) is 0 Å². The maximum atomic E-state index is 12.3. The Morgan fingerprint density at radius 2 is 2.05 bits per heavy atom. The number of nitrogens with zero attached hydrogens (tertiary/aromatic N) is 3. The minimum atomic E-state index is -0.382. The van der Waals surface area contributed by atoms with Gasteiger partial charge in [-0.25, -0.2) is 4.98 Å². The van der Waals surface area contributed by atoms with Crippen molar-refractivity contribution in [3.63, 3.8) is 0 Å². The molecule has 1 aliphatic heterocycles. The van der Waals surface area contributed by atoms with Crippen molar-refractivity contribution >= 4 is 27.7 Å². The first-order valence-electron chi connectivity index (χ1n) is 7.43. The van der Waals surface area contributed by atoms with Crippen LogP contribution in [0.25, 0.3) is 0 Å². The number of nitrogens with two attached hydrogens (primary N) is 1. The highest BCUT2D eigenvalue weighted by Gasteiger charge is 2.28. The number of halogens is 1. The third-order valence-electron chi connectivity index (χ3n) is 4.17. The van der Waals surface area contributed by atoms with Gasteiger partial charge in [0, 0.05) is 36.8 Å². The molecule has 116 valence electrons. The summed E-state index contributed by atoms with van der Waals surface area (Å²) >= 11 is 3.39. The Morgan fingerprint density at radius 3 is 2.57 bits per heavy atom. The van der Waals surface area contributed by atoms with E-state index in [1.54, 1.807) is 6.20 Å². The van der Waals surface area contributed by atoms with E-state index >= 15 is 0 Å². The SMILES string of the molecule is CCC(C)C(N)C(=O)N1CCN(c2ccc(Br)cn2)CC1. The fraction of sp³-hybridized carbons (Fsp3) is 0.600. The van der Waals surface area contributed by atoms with Crippen molar-refractivity contribution in [1.29, 1.82) is 0 Å². The molecule has 2 heterocycles. The molecule has 0 bridgehead atoms. The van der Waals surface area contributed by atoms with Gasteiger partial charge in [-0.05, 0) is 34.0 Å². The van der Waals surface area contributed by atoms with Gasteiger partial charge in [0.15, 0.2) is 0 Å². The number of carbonyl (C=O) groups excluding carboxylic acids is 1. The molecule has 0 radical (unpaired) electrons. The quantitative estimate of drug-likeness (QED) is 0.896. The Bertz CT molecular complexity index is 471. The monoisotopic (exact) mass is 354 g/mol. The molecular formula is C15H23BrN4O. The standard InChI is InChI=1S/C15H23BrN4O/c1-3-11(2)14(17)15(21)20-8-6-19(7-9-20)13-5-4-12(16)10-18-13/h4-5,10-11,14H,3,6-9,17H2,1-2H3. The fourth-order valence-corrected chi connectivity index (χ4v) is 2.65. The minimum Gasteiger partial charge on any atom is -0.353 e. The van der Waals surface area contributed by atoms with Gasteiger partial charge < -0.3 is 15.5 Å². The first-order chi connectivity index (χ1) is 10.0. The van der Waals surface area contributed by atoms with Crippen LogP contribution in [0.15, 0.2) is 22.8 Å². The van der Waals surface area contributed by atoms with Crippen molar-refractivity contribution in [3.05, 3.63) is 22.8 Å².